The van der Waals surface area contributed by atoms with Gasteiger partial charge in [-0.25, -0.2) is 4.79 Å². The summed E-state index contributed by atoms with van der Waals surface area (Å²) in [4.78, 5) is 24.9. The summed E-state index contributed by atoms with van der Waals surface area (Å²) in [5.74, 6) is -0.769. The van der Waals surface area contributed by atoms with Crippen LogP contribution in [0, 0.1) is 0 Å². The molecule has 0 saturated carbocycles. The first-order chi connectivity index (χ1) is 9.63. The molecule has 1 unspecified atom stereocenters. The molecule has 1 saturated heterocycles. The Hall–Kier alpha value is -1.88. The first-order valence-electron chi connectivity index (χ1n) is 6.99. The van der Waals surface area contributed by atoms with Crippen LogP contribution in [0.1, 0.15) is 40.7 Å². The minimum Gasteiger partial charge on any atom is -0.478 e. The van der Waals surface area contributed by atoms with E-state index in [2.05, 4.69) is 10.2 Å². The number of nitrogens with zero attached hydrogens (tertiary/aromatic N) is 1. The Morgan fingerprint density at radius 3 is 2.90 bits per heavy atom. The van der Waals surface area contributed by atoms with Gasteiger partial charge in [-0.2, -0.15) is 0 Å². The van der Waals surface area contributed by atoms with Gasteiger partial charge in [-0.15, -0.1) is 0 Å². The average Bonchev–Trinajstić information content (AvgIpc) is 2.73. The van der Waals surface area contributed by atoms with Crippen molar-refractivity contribution in [3.63, 3.8) is 0 Å². The van der Waals surface area contributed by atoms with E-state index in [0.29, 0.717) is 12.0 Å². The van der Waals surface area contributed by atoms with Crippen molar-refractivity contribution in [2.75, 3.05) is 6.54 Å². The monoisotopic (exact) mass is 274 g/mol. The molecule has 1 fully saturated rings. The van der Waals surface area contributed by atoms with Crippen LogP contribution in [0.15, 0.2) is 18.2 Å². The molecule has 1 amide bonds. The number of aromatic carboxylic acids is 1. The molecule has 3 rings (SSSR count). The summed E-state index contributed by atoms with van der Waals surface area (Å²) in [6, 6.07) is 5.58. The quantitative estimate of drug-likeness (QED) is 0.854. The number of rotatable bonds is 2. The molecule has 1 atom stereocenters. The van der Waals surface area contributed by atoms with Crippen molar-refractivity contribution in [3.05, 3.63) is 34.9 Å². The van der Waals surface area contributed by atoms with Gasteiger partial charge < -0.3 is 10.4 Å². The van der Waals surface area contributed by atoms with Gasteiger partial charge in [0.25, 0.3) is 0 Å². The standard InChI is InChI=1S/C15H18N2O3/c18-14-7-13(2-1-5-16-14)17-8-11-4-3-10(15(19)20)6-12(11)9-17/h3-4,6,13H,1-2,5,7-9H2,(H,16,18)(H,19,20). The molecule has 0 radical (unpaired) electrons. The van der Waals surface area contributed by atoms with Gasteiger partial charge in [0.2, 0.25) is 5.91 Å². The fraction of sp³-hybridized carbons (Fsp3) is 0.467. The maximum atomic E-state index is 11.7. The zero-order valence-electron chi connectivity index (χ0n) is 11.3. The van der Waals surface area contributed by atoms with Crippen molar-refractivity contribution in [2.24, 2.45) is 0 Å². The number of fused-ring (bicyclic) bond motifs is 1. The molecule has 0 aromatic heterocycles. The molecular weight excluding hydrogens is 256 g/mol. The van der Waals surface area contributed by atoms with Crippen molar-refractivity contribution < 1.29 is 14.7 Å². The highest BCUT2D eigenvalue weighted by Crippen LogP contribution is 2.28. The van der Waals surface area contributed by atoms with E-state index in [1.165, 1.54) is 5.56 Å². The molecule has 2 heterocycles. The van der Waals surface area contributed by atoms with Crippen molar-refractivity contribution >= 4 is 11.9 Å². The number of carboxylic acids is 1. The lowest BCUT2D eigenvalue weighted by Crippen LogP contribution is -2.33. The van der Waals surface area contributed by atoms with E-state index in [4.69, 9.17) is 5.11 Å². The molecule has 5 nitrogen and oxygen atoms in total. The van der Waals surface area contributed by atoms with Gasteiger partial charge in [0.05, 0.1) is 5.56 Å². The summed E-state index contributed by atoms with van der Waals surface area (Å²) >= 11 is 0. The van der Waals surface area contributed by atoms with Gasteiger partial charge in [-0.05, 0) is 36.1 Å². The molecule has 20 heavy (non-hydrogen) atoms. The number of carboxylic acid groups (broad SMARTS) is 1. The molecule has 2 aliphatic heterocycles. The lowest BCUT2D eigenvalue weighted by Gasteiger charge is -2.25. The van der Waals surface area contributed by atoms with Crippen LogP contribution < -0.4 is 5.32 Å². The van der Waals surface area contributed by atoms with Crippen molar-refractivity contribution in [2.45, 2.75) is 38.4 Å². The van der Waals surface area contributed by atoms with E-state index < -0.39 is 5.97 Å². The predicted octanol–water partition coefficient (Wildman–Crippen LogP) is 1.37. The fourth-order valence-electron chi connectivity index (χ4n) is 3.08. The van der Waals surface area contributed by atoms with Crippen LogP contribution in [-0.2, 0) is 17.9 Å². The Balaban J connectivity index is 1.76. The molecule has 5 heteroatoms. The second-order valence-electron chi connectivity index (χ2n) is 5.54. The summed E-state index contributed by atoms with van der Waals surface area (Å²) in [5.41, 5.74) is 2.60. The SMILES string of the molecule is O=C1CC(N2Cc3ccc(C(=O)O)cc3C2)CCCN1. The van der Waals surface area contributed by atoms with Crippen LogP contribution in [0.25, 0.3) is 0 Å². The summed E-state index contributed by atoms with van der Waals surface area (Å²) in [6.07, 6.45) is 2.56. The number of carbonyl (C=O) groups excluding carboxylic acids is 1. The number of carbonyl (C=O) groups is 2. The summed E-state index contributed by atoms with van der Waals surface area (Å²) < 4.78 is 0. The minimum atomic E-state index is -0.889. The smallest absolute Gasteiger partial charge is 0.335 e. The third-order valence-electron chi connectivity index (χ3n) is 4.17. The Bertz CT molecular complexity index is 556. The molecular formula is C15H18N2O3. The van der Waals surface area contributed by atoms with Crippen LogP contribution in [0.3, 0.4) is 0 Å². The zero-order valence-corrected chi connectivity index (χ0v) is 11.3. The van der Waals surface area contributed by atoms with Crippen molar-refractivity contribution in [1.82, 2.24) is 10.2 Å². The van der Waals surface area contributed by atoms with Gasteiger partial charge in [-0.1, -0.05) is 6.07 Å². The third-order valence-corrected chi connectivity index (χ3v) is 4.17. The zero-order chi connectivity index (χ0) is 14.1. The molecule has 0 bridgehead atoms. The van der Waals surface area contributed by atoms with Gasteiger partial charge in [0, 0.05) is 32.1 Å². The highest BCUT2D eigenvalue weighted by atomic mass is 16.4. The van der Waals surface area contributed by atoms with E-state index in [0.717, 1.165) is 38.0 Å². The van der Waals surface area contributed by atoms with Gasteiger partial charge >= 0.3 is 5.97 Å². The second kappa shape index (κ2) is 5.25. The minimum absolute atomic E-state index is 0.120. The average molecular weight is 274 g/mol. The molecule has 106 valence electrons. The Morgan fingerprint density at radius 1 is 1.30 bits per heavy atom. The Labute approximate surface area is 117 Å². The van der Waals surface area contributed by atoms with Gasteiger partial charge in [-0.3, -0.25) is 9.69 Å². The van der Waals surface area contributed by atoms with Crippen LogP contribution in [0.5, 0.6) is 0 Å². The van der Waals surface area contributed by atoms with Crippen LogP contribution >= 0.6 is 0 Å². The number of nitrogens with one attached hydrogen (secondary N) is 1. The number of amides is 1. The second-order valence-corrected chi connectivity index (χ2v) is 5.54. The summed E-state index contributed by atoms with van der Waals surface area (Å²) in [6.45, 7) is 2.32. The summed E-state index contributed by atoms with van der Waals surface area (Å²) in [5, 5.41) is 11.9. The highest BCUT2D eigenvalue weighted by Gasteiger charge is 2.28. The van der Waals surface area contributed by atoms with E-state index in [1.807, 2.05) is 6.07 Å². The van der Waals surface area contributed by atoms with Crippen molar-refractivity contribution in [1.29, 1.82) is 0 Å². The molecule has 0 spiro atoms. The van der Waals surface area contributed by atoms with E-state index >= 15 is 0 Å². The van der Waals surface area contributed by atoms with E-state index in [-0.39, 0.29) is 11.9 Å². The predicted molar refractivity (Wildman–Crippen MR) is 73.3 cm³/mol. The third kappa shape index (κ3) is 2.54. The summed E-state index contributed by atoms with van der Waals surface area (Å²) in [7, 11) is 0. The normalized spacial score (nSPS) is 23.0. The van der Waals surface area contributed by atoms with Gasteiger partial charge in [0.15, 0.2) is 0 Å². The topological polar surface area (TPSA) is 69.6 Å². The molecule has 0 aliphatic carbocycles. The number of benzene rings is 1. The lowest BCUT2D eigenvalue weighted by molar-refractivity contribution is -0.121. The molecule has 2 N–H and O–H groups in total. The lowest BCUT2D eigenvalue weighted by atomic mass is 10.1. The first-order valence-corrected chi connectivity index (χ1v) is 6.99. The molecule has 1 aromatic rings. The van der Waals surface area contributed by atoms with E-state index in [1.54, 1.807) is 12.1 Å². The first kappa shape index (κ1) is 13.1. The Kier molecular flexibility index (Phi) is 3.44. The number of hydrogen-bond donors (Lipinski definition) is 2. The van der Waals surface area contributed by atoms with Crippen molar-refractivity contribution in [3.8, 4) is 0 Å². The highest BCUT2D eigenvalue weighted by molar-refractivity contribution is 5.88. The molecule has 1 aromatic carbocycles. The maximum Gasteiger partial charge on any atom is 0.335 e. The Morgan fingerprint density at radius 2 is 2.10 bits per heavy atom. The largest absolute Gasteiger partial charge is 0.478 e. The number of hydrogen-bond acceptors (Lipinski definition) is 3. The van der Waals surface area contributed by atoms with Crippen LogP contribution in [0.2, 0.25) is 0 Å². The maximum absolute atomic E-state index is 11.7. The fourth-order valence-corrected chi connectivity index (χ4v) is 3.08. The van der Waals surface area contributed by atoms with Gasteiger partial charge in [0.1, 0.15) is 0 Å². The van der Waals surface area contributed by atoms with Crippen LogP contribution in [0.4, 0.5) is 0 Å². The molecule has 2 aliphatic rings. The van der Waals surface area contributed by atoms with Crippen LogP contribution in [-0.4, -0.2) is 34.5 Å². The van der Waals surface area contributed by atoms with E-state index in [9.17, 15) is 9.59 Å².